The van der Waals surface area contributed by atoms with Crippen LogP contribution in [0.15, 0.2) is 70.4 Å². The molecule has 1 aliphatic rings. The predicted molar refractivity (Wildman–Crippen MR) is 138 cm³/mol. The fraction of sp³-hybridized carbons (Fsp3) is 0.321. The number of aromatic amines is 1. The summed E-state index contributed by atoms with van der Waals surface area (Å²) in [4.78, 5) is 63.1. The molecule has 0 spiro atoms. The third-order valence-electron chi connectivity index (χ3n) is 6.34. The molecular formula is C28H28N2O9. The zero-order chi connectivity index (χ0) is 28.2. The van der Waals surface area contributed by atoms with Gasteiger partial charge < -0.3 is 18.9 Å². The third kappa shape index (κ3) is 6.32. The van der Waals surface area contributed by atoms with E-state index < -0.39 is 53.7 Å². The number of nitrogens with zero attached hydrogens (tertiary/aromatic N) is 1. The molecule has 11 nitrogen and oxygen atoms in total. The number of ether oxygens (including phenoxy) is 4. The van der Waals surface area contributed by atoms with E-state index in [1.54, 1.807) is 24.3 Å². The largest absolute Gasteiger partial charge is 0.461 e. The summed E-state index contributed by atoms with van der Waals surface area (Å²) in [6.07, 6.45) is -0.910. The van der Waals surface area contributed by atoms with Gasteiger partial charge in [-0.1, -0.05) is 42.5 Å². The minimum atomic E-state index is -1.57. The quantitative estimate of drug-likeness (QED) is 0.339. The van der Waals surface area contributed by atoms with Crippen LogP contribution in [-0.4, -0.2) is 52.4 Å². The summed E-state index contributed by atoms with van der Waals surface area (Å²) in [5.74, 6) is -1.97. The zero-order valence-corrected chi connectivity index (χ0v) is 21.7. The molecule has 1 aliphatic heterocycles. The summed E-state index contributed by atoms with van der Waals surface area (Å²) in [6.45, 7) is 3.12. The molecule has 1 saturated heterocycles. The van der Waals surface area contributed by atoms with Gasteiger partial charge in [-0.3, -0.25) is 23.9 Å². The van der Waals surface area contributed by atoms with E-state index in [4.69, 9.17) is 18.9 Å². The van der Waals surface area contributed by atoms with Crippen molar-refractivity contribution < 1.29 is 33.3 Å². The molecule has 3 aromatic rings. The maximum atomic E-state index is 12.9. The molecule has 0 amide bonds. The molecule has 0 unspecified atom stereocenters. The molecule has 1 N–H and O–H groups in total. The molecular weight excluding hydrogens is 508 g/mol. The number of hydrogen-bond donors (Lipinski definition) is 1. The third-order valence-corrected chi connectivity index (χ3v) is 6.34. The summed E-state index contributed by atoms with van der Waals surface area (Å²) in [6, 6.07) is 16.5. The Labute approximate surface area is 223 Å². The summed E-state index contributed by atoms with van der Waals surface area (Å²) < 4.78 is 23.5. The van der Waals surface area contributed by atoms with Crippen LogP contribution in [0.4, 0.5) is 0 Å². The Balaban J connectivity index is 1.57. The van der Waals surface area contributed by atoms with E-state index in [1.807, 2.05) is 30.3 Å². The molecule has 0 saturated carbocycles. The summed E-state index contributed by atoms with van der Waals surface area (Å²) in [5.41, 5.74) is -0.401. The minimum absolute atomic E-state index is 0.112. The van der Waals surface area contributed by atoms with Crippen molar-refractivity contribution in [2.45, 2.75) is 45.1 Å². The van der Waals surface area contributed by atoms with Crippen LogP contribution in [0.5, 0.6) is 0 Å². The minimum Gasteiger partial charge on any atom is -0.461 e. The number of esters is 3. The van der Waals surface area contributed by atoms with E-state index in [-0.39, 0.29) is 24.2 Å². The van der Waals surface area contributed by atoms with Gasteiger partial charge in [0.05, 0.1) is 5.56 Å². The van der Waals surface area contributed by atoms with Gasteiger partial charge in [-0.25, -0.2) is 9.59 Å². The zero-order valence-electron chi connectivity index (χ0n) is 21.7. The topological polar surface area (TPSA) is 143 Å². The molecule has 39 heavy (non-hydrogen) atoms. The number of H-pyrrole nitrogens is 1. The van der Waals surface area contributed by atoms with E-state index in [1.165, 1.54) is 27.0 Å². The van der Waals surface area contributed by atoms with Crippen molar-refractivity contribution in [1.29, 1.82) is 0 Å². The first-order valence-electron chi connectivity index (χ1n) is 12.2. The molecule has 0 aliphatic carbocycles. The van der Waals surface area contributed by atoms with Gasteiger partial charge in [-0.05, 0) is 30.2 Å². The first-order valence-corrected chi connectivity index (χ1v) is 12.2. The second-order valence-corrected chi connectivity index (χ2v) is 9.24. The Morgan fingerprint density at radius 1 is 0.974 bits per heavy atom. The van der Waals surface area contributed by atoms with Crippen molar-refractivity contribution in [3.63, 3.8) is 0 Å². The number of nitrogens with one attached hydrogen (secondary N) is 1. The SMILES string of the molecule is CC(=O)OC[C@]1(OC(C)=O)C[C@H](n2cc(C)c(=O)[nH]c2=O)O[C@@H]1COC(=O)c1ccc(-c2ccccc2)cc1. The highest BCUT2D eigenvalue weighted by molar-refractivity contribution is 5.90. The smallest absolute Gasteiger partial charge is 0.338 e. The van der Waals surface area contributed by atoms with Crippen LogP contribution in [0.1, 0.15) is 42.4 Å². The van der Waals surface area contributed by atoms with Crippen molar-refractivity contribution in [2.75, 3.05) is 13.2 Å². The van der Waals surface area contributed by atoms with E-state index in [0.29, 0.717) is 0 Å². The molecule has 204 valence electrons. The number of hydrogen-bond acceptors (Lipinski definition) is 9. The standard InChI is InChI=1S/C28H28N2O9/c1-17-14-30(27(35)29-25(17)33)24-13-28(39-19(3)32,16-37-18(2)31)23(38-24)15-36-26(34)22-11-9-21(10-12-22)20-7-5-4-6-8-20/h4-12,14,23-24H,13,15-16H2,1-3H3,(H,29,33,35)/t23-,24-,28-/m1/s1. The van der Waals surface area contributed by atoms with Crippen LogP contribution >= 0.6 is 0 Å². The van der Waals surface area contributed by atoms with E-state index >= 15 is 0 Å². The first kappa shape index (κ1) is 27.5. The Bertz CT molecular complexity index is 1480. The van der Waals surface area contributed by atoms with E-state index in [0.717, 1.165) is 15.7 Å². The average molecular weight is 537 g/mol. The van der Waals surface area contributed by atoms with E-state index in [9.17, 15) is 24.0 Å². The van der Waals surface area contributed by atoms with Crippen molar-refractivity contribution in [2.24, 2.45) is 0 Å². The average Bonchev–Trinajstić information content (AvgIpc) is 3.26. The Hall–Kier alpha value is -4.51. The summed E-state index contributed by atoms with van der Waals surface area (Å²) >= 11 is 0. The molecule has 11 heteroatoms. The molecule has 2 heterocycles. The van der Waals surface area contributed by atoms with Crippen LogP contribution in [0.25, 0.3) is 11.1 Å². The highest BCUT2D eigenvalue weighted by Gasteiger charge is 2.54. The lowest BCUT2D eigenvalue weighted by atomic mass is 9.95. The lowest BCUT2D eigenvalue weighted by Gasteiger charge is -2.32. The number of rotatable bonds is 8. The van der Waals surface area contributed by atoms with Crippen molar-refractivity contribution in [1.82, 2.24) is 9.55 Å². The van der Waals surface area contributed by atoms with Crippen LogP contribution in [0, 0.1) is 6.92 Å². The van der Waals surface area contributed by atoms with Crippen LogP contribution in [-0.2, 0) is 28.5 Å². The number of benzene rings is 2. The van der Waals surface area contributed by atoms with Gasteiger partial charge in [0.1, 0.15) is 25.5 Å². The Morgan fingerprint density at radius 3 is 2.28 bits per heavy atom. The van der Waals surface area contributed by atoms with Gasteiger partial charge in [-0.15, -0.1) is 0 Å². The lowest BCUT2D eigenvalue weighted by Crippen LogP contribution is -2.49. The van der Waals surface area contributed by atoms with Crippen molar-refractivity contribution in [3.05, 3.63) is 92.8 Å². The fourth-order valence-electron chi connectivity index (χ4n) is 4.41. The monoisotopic (exact) mass is 536 g/mol. The van der Waals surface area contributed by atoms with Gasteiger partial charge in [0, 0.05) is 32.0 Å². The normalized spacial score (nSPS) is 20.3. The van der Waals surface area contributed by atoms with Crippen LogP contribution < -0.4 is 11.2 Å². The van der Waals surface area contributed by atoms with Gasteiger partial charge >= 0.3 is 23.6 Å². The molecule has 0 radical (unpaired) electrons. The molecule has 1 aromatic heterocycles. The van der Waals surface area contributed by atoms with Crippen LogP contribution in [0.2, 0.25) is 0 Å². The highest BCUT2D eigenvalue weighted by Crippen LogP contribution is 2.40. The maximum absolute atomic E-state index is 12.9. The van der Waals surface area contributed by atoms with Crippen molar-refractivity contribution in [3.8, 4) is 11.1 Å². The van der Waals surface area contributed by atoms with Gasteiger partial charge in [0.15, 0.2) is 5.60 Å². The molecule has 1 fully saturated rings. The number of carbonyl (C=O) groups excluding carboxylic acids is 3. The second-order valence-electron chi connectivity index (χ2n) is 9.24. The Kier molecular flexibility index (Phi) is 8.10. The summed E-state index contributed by atoms with van der Waals surface area (Å²) in [5, 5.41) is 0. The predicted octanol–water partition coefficient (Wildman–Crippen LogP) is 2.52. The fourth-order valence-corrected chi connectivity index (χ4v) is 4.41. The van der Waals surface area contributed by atoms with Gasteiger partial charge in [0.2, 0.25) is 0 Å². The lowest BCUT2D eigenvalue weighted by molar-refractivity contribution is -0.180. The molecule has 4 rings (SSSR count). The number of carbonyl (C=O) groups is 3. The van der Waals surface area contributed by atoms with Gasteiger partial charge in [-0.2, -0.15) is 0 Å². The second kappa shape index (κ2) is 11.5. The highest BCUT2D eigenvalue weighted by atomic mass is 16.6. The van der Waals surface area contributed by atoms with Gasteiger partial charge in [0.25, 0.3) is 5.56 Å². The molecule has 2 aromatic carbocycles. The first-order chi connectivity index (χ1) is 18.6. The molecule has 3 atom stereocenters. The molecule has 0 bridgehead atoms. The van der Waals surface area contributed by atoms with Crippen molar-refractivity contribution >= 4 is 17.9 Å². The van der Waals surface area contributed by atoms with E-state index in [2.05, 4.69) is 4.98 Å². The summed E-state index contributed by atoms with van der Waals surface area (Å²) in [7, 11) is 0. The van der Waals surface area contributed by atoms with Crippen LogP contribution in [0.3, 0.4) is 0 Å². The number of aryl methyl sites for hydroxylation is 1. The number of aromatic nitrogens is 2. The maximum Gasteiger partial charge on any atom is 0.338 e. The Morgan fingerprint density at radius 2 is 1.64 bits per heavy atom.